The second-order valence-corrected chi connectivity index (χ2v) is 6.31. The van der Waals surface area contributed by atoms with Crippen molar-refractivity contribution < 1.29 is 9.53 Å². The highest BCUT2D eigenvalue weighted by Gasteiger charge is 2.21. The third-order valence-corrected chi connectivity index (χ3v) is 4.41. The van der Waals surface area contributed by atoms with Gasteiger partial charge in [-0.25, -0.2) is 0 Å². The number of aryl methyl sites for hydroxylation is 2. The van der Waals surface area contributed by atoms with Crippen molar-refractivity contribution in [2.75, 3.05) is 37.7 Å². The van der Waals surface area contributed by atoms with Gasteiger partial charge in [-0.2, -0.15) is 0 Å². The molecule has 4 nitrogen and oxygen atoms in total. The van der Waals surface area contributed by atoms with E-state index in [2.05, 4.69) is 36.1 Å². The summed E-state index contributed by atoms with van der Waals surface area (Å²) in [6.45, 7) is 7.43. The Morgan fingerprint density at radius 3 is 2.00 bits per heavy atom. The topological polar surface area (TPSA) is 32.8 Å². The van der Waals surface area contributed by atoms with Crippen molar-refractivity contribution in [2.45, 2.75) is 13.8 Å². The maximum absolute atomic E-state index is 12.3. The highest BCUT2D eigenvalue weighted by molar-refractivity contribution is 5.78. The first kappa shape index (κ1) is 16.4. The van der Waals surface area contributed by atoms with Gasteiger partial charge in [-0.3, -0.25) is 4.79 Å². The van der Waals surface area contributed by atoms with Gasteiger partial charge in [-0.05, 0) is 38.1 Å². The molecule has 0 aromatic heterocycles. The highest BCUT2D eigenvalue weighted by Crippen LogP contribution is 2.17. The minimum atomic E-state index is 0.0548. The number of anilines is 1. The molecule has 0 radical (unpaired) electrons. The van der Waals surface area contributed by atoms with Crippen molar-refractivity contribution in [3.63, 3.8) is 0 Å². The van der Waals surface area contributed by atoms with E-state index >= 15 is 0 Å². The summed E-state index contributed by atoms with van der Waals surface area (Å²) in [7, 11) is 0. The summed E-state index contributed by atoms with van der Waals surface area (Å²) < 4.78 is 5.60. The van der Waals surface area contributed by atoms with Crippen LogP contribution in [-0.2, 0) is 4.79 Å². The molecule has 1 aliphatic rings. The van der Waals surface area contributed by atoms with Crippen LogP contribution in [0.15, 0.2) is 48.5 Å². The molecule has 0 atom stereocenters. The predicted octanol–water partition coefficient (Wildman–Crippen LogP) is 3.03. The van der Waals surface area contributed by atoms with Gasteiger partial charge >= 0.3 is 0 Å². The molecule has 1 aliphatic heterocycles. The Balaban J connectivity index is 1.48. The Kier molecular flexibility index (Phi) is 5.04. The molecule has 0 spiro atoms. The third kappa shape index (κ3) is 4.07. The van der Waals surface area contributed by atoms with Gasteiger partial charge in [0.25, 0.3) is 5.91 Å². The lowest BCUT2D eigenvalue weighted by molar-refractivity contribution is -0.133. The number of nitrogens with zero attached hydrogens (tertiary/aromatic N) is 2. The van der Waals surface area contributed by atoms with Gasteiger partial charge in [0.05, 0.1) is 0 Å². The number of ether oxygens (including phenoxy) is 1. The summed E-state index contributed by atoms with van der Waals surface area (Å²) in [5, 5.41) is 0. The normalized spacial score (nSPS) is 14.6. The van der Waals surface area contributed by atoms with Crippen LogP contribution >= 0.6 is 0 Å². The average molecular weight is 324 g/mol. The summed E-state index contributed by atoms with van der Waals surface area (Å²) in [4.78, 5) is 16.5. The molecule has 4 heteroatoms. The molecular weight excluding hydrogens is 300 g/mol. The van der Waals surface area contributed by atoms with Crippen LogP contribution in [0, 0.1) is 13.8 Å². The predicted molar refractivity (Wildman–Crippen MR) is 96.6 cm³/mol. The first-order chi connectivity index (χ1) is 11.6. The van der Waals surface area contributed by atoms with E-state index in [1.165, 1.54) is 16.8 Å². The number of hydrogen-bond donors (Lipinski definition) is 0. The number of hydrogen-bond acceptors (Lipinski definition) is 3. The molecule has 24 heavy (non-hydrogen) atoms. The van der Waals surface area contributed by atoms with Gasteiger partial charge in [0.1, 0.15) is 5.75 Å². The molecule has 0 unspecified atom stereocenters. The molecule has 0 bridgehead atoms. The SMILES string of the molecule is Cc1ccc(OCC(=O)N2CCN(c3ccc(C)cc3)CC2)cc1. The van der Waals surface area contributed by atoms with E-state index in [0.29, 0.717) is 0 Å². The van der Waals surface area contributed by atoms with Gasteiger partial charge in [-0.15, -0.1) is 0 Å². The molecule has 126 valence electrons. The summed E-state index contributed by atoms with van der Waals surface area (Å²) in [6.07, 6.45) is 0. The van der Waals surface area contributed by atoms with Crippen LogP contribution < -0.4 is 9.64 Å². The number of rotatable bonds is 4. The smallest absolute Gasteiger partial charge is 0.260 e. The monoisotopic (exact) mass is 324 g/mol. The molecule has 0 aliphatic carbocycles. The van der Waals surface area contributed by atoms with Crippen LogP contribution in [0.4, 0.5) is 5.69 Å². The number of carbonyl (C=O) groups excluding carboxylic acids is 1. The molecule has 1 heterocycles. The Bertz CT molecular complexity index is 672. The standard InChI is InChI=1S/C20H24N2O2/c1-16-3-7-18(8-4-16)21-11-13-22(14-12-21)20(23)15-24-19-9-5-17(2)6-10-19/h3-10H,11-15H2,1-2H3. The lowest BCUT2D eigenvalue weighted by atomic mass is 10.2. The summed E-state index contributed by atoms with van der Waals surface area (Å²) >= 11 is 0. The average Bonchev–Trinajstić information content (AvgIpc) is 2.62. The Labute approximate surface area is 143 Å². The largest absolute Gasteiger partial charge is 0.484 e. The van der Waals surface area contributed by atoms with Crippen molar-refractivity contribution in [2.24, 2.45) is 0 Å². The maximum atomic E-state index is 12.3. The van der Waals surface area contributed by atoms with Gasteiger partial charge in [0.15, 0.2) is 6.61 Å². The fourth-order valence-electron chi connectivity index (χ4n) is 2.84. The zero-order valence-corrected chi connectivity index (χ0v) is 14.4. The van der Waals surface area contributed by atoms with Gasteiger partial charge in [0, 0.05) is 31.9 Å². The summed E-state index contributed by atoms with van der Waals surface area (Å²) in [6, 6.07) is 16.3. The first-order valence-corrected chi connectivity index (χ1v) is 8.41. The van der Waals surface area contributed by atoms with Crippen LogP contribution in [0.1, 0.15) is 11.1 Å². The number of piperazine rings is 1. The second kappa shape index (κ2) is 7.39. The van der Waals surface area contributed by atoms with E-state index in [1.807, 2.05) is 36.1 Å². The van der Waals surface area contributed by atoms with Crippen molar-refractivity contribution in [3.8, 4) is 5.75 Å². The molecule has 3 rings (SSSR count). The maximum Gasteiger partial charge on any atom is 0.260 e. The van der Waals surface area contributed by atoms with E-state index in [-0.39, 0.29) is 12.5 Å². The van der Waals surface area contributed by atoms with E-state index in [4.69, 9.17) is 4.74 Å². The molecule has 0 saturated carbocycles. The highest BCUT2D eigenvalue weighted by atomic mass is 16.5. The zero-order valence-electron chi connectivity index (χ0n) is 14.4. The minimum Gasteiger partial charge on any atom is -0.484 e. The van der Waals surface area contributed by atoms with Crippen LogP contribution in [0.25, 0.3) is 0 Å². The van der Waals surface area contributed by atoms with Crippen molar-refractivity contribution in [1.29, 1.82) is 0 Å². The van der Waals surface area contributed by atoms with Gasteiger partial charge in [0.2, 0.25) is 0 Å². The number of carbonyl (C=O) groups is 1. The van der Waals surface area contributed by atoms with E-state index in [1.54, 1.807) is 0 Å². The van der Waals surface area contributed by atoms with Crippen LogP contribution in [0.2, 0.25) is 0 Å². The molecular formula is C20H24N2O2. The molecule has 2 aromatic rings. The quantitative estimate of drug-likeness (QED) is 0.867. The van der Waals surface area contributed by atoms with Gasteiger partial charge in [-0.1, -0.05) is 35.4 Å². The van der Waals surface area contributed by atoms with E-state index in [0.717, 1.165) is 31.9 Å². The lowest BCUT2D eigenvalue weighted by Crippen LogP contribution is -2.50. The molecule has 2 aromatic carbocycles. The van der Waals surface area contributed by atoms with Crippen molar-refractivity contribution in [1.82, 2.24) is 4.90 Å². The van der Waals surface area contributed by atoms with Crippen molar-refractivity contribution in [3.05, 3.63) is 59.7 Å². The zero-order chi connectivity index (χ0) is 16.9. The molecule has 1 amide bonds. The number of amides is 1. The molecule has 1 fully saturated rings. The number of benzene rings is 2. The molecule has 0 N–H and O–H groups in total. The minimum absolute atomic E-state index is 0.0548. The second-order valence-electron chi connectivity index (χ2n) is 6.31. The van der Waals surface area contributed by atoms with Crippen LogP contribution in [-0.4, -0.2) is 43.6 Å². The van der Waals surface area contributed by atoms with Crippen LogP contribution in [0.5, 0.6) is 5.75 Å². The fraction of sp³-hybridized carbons (Fsp3) is 0.350. The first-order valence-electron chi connectivity index (χ1n) is 8.41. The summed E-state index contributed by atoms with van der Waals surface area (Å²) in [5.41, 5.74) is 3.67. The van der Waals surface area contributed by atoms with Crippen molar-refractivity contribution >= 4 is 11.6 Å². The van der Waals surface area contributed by atoms with Crippen LogP contribution in [0.3, 0.4) is 0 Å². The van der Waals surface area contributed by atoms with Gasteiger partial charge < -0.3 is 14.5 Å². The lowest BCUT2D eigenvalue weighted by Gasteiger charge is -2.36. The van der Waals surface area contributed by atoms with E-state index < -0.39 is 0 Å². The molecule has 1 saturated heterocycles. The summed E-state index contributed by atoms with van der Waals surface area (Å²) in [5.74, 6) is 0.798. The van der Waals surface area contributed by atoms with E-state index in [9.17, 15) is 4.79 Å². The Morgan fingerprint density at radius 2 is 1.42 bits per heavy atom. The Morgan fingerprint density at radius 1 is 0.875 bits per heavy atom. The third-order valence-electron chi connectivity index (χ3n) is 4.41. The fourth-order valence-corrected chi connectivity index (χ4v) is 2.84. The Hall–Kier alpha value is -2.49.